The van der Waals surface area contributed by atoms with Crippen LogP contribution in [0.2, 0.25) is 0 Å². The highest BCUT2D eigenvalue weighted by Gasteiger charge is 2.56. The Morgan fingerprint density at radius 2 is 1.71 bits per heavy atom. The molecule has 2 rings (SSSR count). The van der Waals surface area contributed by atoms with Crippen molar-refractivity contribution < 1.29 is 37.0 Å². The lowest BCUT2D eigenvalue weighted by Crippen LogP contribution is -2.53. The number of hydrogen-bond acceptors (Lipinski definition) is 5. The van der Waals surface area contributed by atoms with E-state index < -0.39 is 41.4 Å². The molecule has 1 aliphatic rings. The van der Waals surface area contributed by atoms with Gasteiger partial charge in [-0.1, -0.05) is 0 Å². The standard InChI is InChI=1S/C15H14F3NO5/c1-19-10-5-4-8(15(16,17)18)6-9(10)14(7-11(19)20,12(21)23-2)13(22)24-3/h4-6H,7H2,1-3H3. The van der Waals surface area contributed by atoms with Crippen molar-refractivity contribution in [2.75, 3.05) is 26.2 Å². The summed E-state index contributed by atoms with van der Waals surface area (Å²) in [5.41, 5.74) is -3.60. The fourth-order valence-electron chi connectivity index (χ4n) is 2.72. The number of alkyl halides is 3. The highest BCUT2D eigenvalue weighted by molar-refractivity contribution is 6.15. The molecule has 9 heteroatoms. The first-order valence-corrected chi connectivity index (χ1v) is 6.74. The Balaban J connectivity index is 2.84. The second-order valence-electron chi connectivity index (χ2n) is 5.25. The van der Waals surface area contributed by atoms with Gasteiger partial charge in [-0.25, -0.2) is 0 Å². The van der Waals surface area contributed by atoms with Crippen LogP contribution in [0.1, 0.15) is 17.5 Å². The molecule has 0 fully saturated rings. The molecule has 0 unspecified atom stereocenters. The molecule has 1 aliphatic heterocycles. The second-order valence-corrected chi connectivity index (χ2v) is 5.25. The number of anilines is 1. The van der Waals surface area contributed by atoms with Gasteiger partial charge in [0.15, 0.2) is 0 Å². The highest BCUT2D eigenvalue weighted by Crippen LogP contribution is 2.44. The molecule has 1 heterocycles. The maximum Gasteiger partial charge on any atom is 0.416 e. The molecule has 1 aromatic carbocycles. The third kappa shape index (κ3) is 2.49. The van der Waals surface area contributed by atoms with Gasteiger partial charge in [0.1, 0.15) is 0 Å². The van der Waals surface area contributed by atoms with Crippen molar-refractivity contribution in [2.45, 2.75) is 18.0 Å². The van der Waals surface area contributed by atoms with Crippen LogP contribution in [-0.4, -0.2) is 39.1 Å². The van der Waals surface area contributed by atoms with Crippen molar-refractivity contribution in [1.29, 1.82) is 0 Å². The molecule has 1 amide bonds. The van der Waals surface area contributed by atoms with E-state index >= 15 is 0 Å². The number of rotatable bonds is 2. The summed E-state index contributed by atoms with van der Waals surface area (Å²) in [5, 5.41) is 0. The van der Waals surface area contributed by atoms with Gasteiger partial charge in [0.05, 0.1) is 26.2 Å². The summed E-state index contributed by atoms with van der Waals surface area (Å²) in [5.74, 6) is -2.94. The zero-order chi connectivity index (χ0) is 18.3. The van der Waals surface area contributed by atoms with Gasteiger partial charge in [0.2, 0.25) is 11.3 Å². The number of esters is 2. The van der Waals surface area contributed by atoms with Crippen LogP contribution in [0, 0.1) is 0 Å². The molecule has 0 atom stereocenters. The van der Waals surface area contributed by atoms with E-state index in [4.69, 9.17) is 0 Å². The van der Waals surface area contributed by atoms with Crippen LogP contribution in [0.15, 0.2) is 18.2 Å². The van der Waals surface area contributed by atoms with Crippen molar-refractivity contribution in [3.63, 3.8) is 0 Å². The van der Waals surface area contributed by atoms with E-state index in [-0.39, 0.29) is 11.3 Å². The summed E-state index contributed by atoms with van der Waals surface area (Å²) >= 11 is 0. The topological polar surface area (TPSA) is 72.9 Å². The summed E-state index contributed by atoms with van der Waals surface area (Å²) in [6.45, 7) is 0. The molecule has 0 bridgehead atoms. The largest absolute Gasteiger partial charge is 0.468 e. The number of nitrogens with zero attached hydrogens (tertiary/aromatic N) is 1. The van der Waals surface area contributed by atoms with E-state index in [0.717, 1.165) is 31.3 Å². The quantitative estimate of drug-likeness (QED) is 0.602. The van der Waals surface area contributed by atoms with Gasteiger partial charge >= 0.3 is 18.1 Å². The summed E-state index contributed by atoms with van der Waals surface area (Å²) in [6.07, 6.45) is -5.37. The maximum absolute atomic E-state index is 13.0. The van der Waals surface area contributed by atoms with Gasteiger partial charge in [0, 0.05) is 18.3 Å². The molecule has 24 heavy (non-hydrogen) atoms. The van der Waals surface area contributed by atoms with Crippen molar-refractivity contribution in [3.8, 4) is 0 Å². The predicted molar refractivity (Wildman–Crippen MR) is 75.2 cm³/mol. The number of ether oxygens (including phenoxy) is 2. The molecule has 0 saturated heterocycles. The number of carbonyl (C=O) groups is 3. The Kier molecular flexibility index (Phi) is 4.30. The smallest absolute Gasteiger partial charge is 0.416 e. The number of amides is 1. The van der Waals surface area contributed by atoms with Gasteiger partial charge < -0.3 is 14.4 Å². The second kappa shape index (κ2) is 5.81. The Hall–Kier alpha value is -2.58. The SMILES string of the molecule is COC(=O)C1(C(=O)OC)CC(=O)N(C)c2ccc(C(F)(F)F)cc21. The van der Waals surface area contributed by atoms with Gasteiger partial charge in [-0.2, -0.15) is 13.2 Å². The molecular formula is C15H14F3NO5. The fourth-order valence-corrected chi connectivity index (χ4v) is 2.72. The van der Waals surface area contributed by atoms with Crippen LogP contribution in [0.25, 0.3) is 0 Å². The first-order chi connectivity index (χ1) is 11.1. The van der Waals surface area contributed by atoms with E-state index in [0.29, 0.717) is 6.07 Å². The third-order valence-electron chi connectivity index (χ3n) is 4.00. The van der Waals surface area contributed by atoms with Gasteiger partial charge in [-0.15, -0.1) is 0 Å². The van der Waals surface area contributed by atoms with Gasteiger partial charge in [-0.05, 0) is 18.2 Å². The van der Waals surface area contributed by atoms with Crippen LogP contribution in [0.3, 0.4) is 0 Å². The Morgan fingerprint density at radius 1 is 1.17 bits per heavy atom. The number of halogens is 3. The monoisotopic (exact) mass is 345 g/mol. The molecule has 0 radical (unpaired) electrons. The van der Waals surface area contributed by atoms with E-state index in [1.165, 1.54) is 7.05 Å². The van der Waals surface area contributed by atoms with E-state index in [1.54, 1.807) is 0 Å². The van der Waals surface area contributed by atoms with Crippen LogP contribution in [0.5, 0.6) is 0 Å². The van der Waals surface area contributed by atoms with E-state index in [1.807, 2.05) is 0 Å². The lowest BCUT2D eigenvalue weighted by molar-refractivity contribution is -0.164. The average molecular weight is 345 g/mol. The molecule has 0 spiro atoms. The first-order valence-electron chi connectivity index (χ1n) is 6.74. The zero-order valence-electron chi connectivity index (χ0n) is 13.1. The molecule has 1 aromatic rings. The van der Waals surface area contributed by atoms with Crippen LogP contribution >= 0.6 is 0 Å². The molecular weight excluding hydrogens is 331 g/mol. The Labute approximate surface area is 135 Å². The molecule has 6 nitrogen and oxygen atoms in total. The van der Waals surface area contributed by atoms with Crippen molar-refractivity contribution >= 4 is 23.5 Å². The number of fused-ring (bicyclic) bond motifs is 1. The van der Waals surface area contributed by atoms with Gasteiger partial charge in [0.25, 0.3) is 0 Å². The van der Waals surface area contributed by atoms with Crippen molar-refractivity contribution in [1.82, 2.24) is 0 Å². The maximum atomic E-state index is 13.0. The Morgan fingerprint density at radius 3 is 2.17 bits per heavy atom. The number of benzene rings is 1. The molecule has 0 saturated carbocycles. The van der Waals surface area contributed by atoms with Gasteiger partial charge in [-0.3, -0.25) is 14.4 Å². The fraction of sp³-hybridized carbons (Fsp3) is 0.400. The summed E-state index contributed by atoms with van der Waals surface area (Å²) in [4.78, 5) is 37.8. The highest BCUT2D eigenvalue weighted by atomic mass is 19.4. The summed E-state index contributed by atoms with van der Waals surface area (Å²) in [6, 6.07) is 2.48. The predicted octanol–water partition coefficient (Wildman–Crippen LogP) is 1.66. The van der Waals surface area contributed by atoms with Crippen LogP contribution < -0.4 is 4.90 Å². The normalized spacial score (nSPS) is 16.4. The van der Waals surface area contributed by atoms with Crippen LogP contribution in [-0.2, 0) is 35.4 Å². The van der Waals surface area contributed by atoms with E-state index in [2.05, 4.69) is 9.47 Å². The molecule has 0 aromatic heterocycles. The summed E-state index contributed by atoms with van der Waals surface area (Å²) in [7, 11) is 3.29. The molecule has 0 aliphatic carbocycles. The molecule has 0 N–H and O–H groups in total. The number of methoxy groups -OCH3 is 2. The number of carbonyl (C=O) groups excluding carboxylic acids is 3. The summed E-state index contributed by atoms with van der Waals surface area (Å²) < 4.78 is 48.3. The lowest BCUT2D eigenvalue weighted by atomic mass is 9.73. The number of hydrogen-bond donors (Lipinski definition) is 0. The zero-order valence-corrected chi connectivity index (χ0v) is 13.1. The van der Waals surface area contributed by atoms with E-state index in [9.17, 15) is 27.6 Å². The minimum atomic E-state index is -4.69. The Bertz CT molecular complexity index is 698. The lowest BCUT2D eigenvalue weighted by Gasteiger charge is -2.37. The minimum Gasteiger partial charge on any atom is -0.468 e. The first kappa shape index (κ1) is 17.8. The minimum absolute atomic E-state index is 0.00931. The van der Waals surface area contributed by atoms with Crippen molar-refractivity contribution in [3.05, 3.63) is 29.3 Å². The van der Waals surface area contributed by atoms with Crippen LogP contribution in [0.4, 0.5) is 18.9 Å². The molecule has 130 valence electrons. The van der Waals surface area contributed by atoms with Crippen molar-refractivity contribution in [2.24, 2.45) is 0 Å². The third-order valence-corrected chi connectivity index (χ3v) is 4.00. The average Bonchev–Trinajstić information content (AvgIpc) is 2.55.